The Labute approximate surface area is 173 Å². The molecular formula is C24H31NO2S. The lowest BCUT2D eigenvalue weighted by Crippen LogP contribution is -2.05. The number of hydrogen-bond acceptors (Lipinski definition) is 3. The van der Waals surface area contributed by atoms with Gasteiger partial charge in [0, 0.05) is 17.8 Å². The summed E-state index contributed by atoms with van der Waals surface area (Å²) in [5.41, 5.74) is 4.49. The van der Waals surface area contributed by atoms with Crippen molar-refractivity contribution < 1.29 is 9.84 Å². The van der Waals surface area contributed by atoms with Crippen molar-refractivity contribution in [2.75, 3.05) is 7.11 Å². The van der Waals surface area contributed by atoms with Crippen molar-refractivity contribution in [1.82, 2.24) is 4.57 Å². The molecule has 0 atom stereocenters. The highest BCUT2D eigenvalue weighted by Gasteiger charge is 2.23. The van der Waals surface area contributed by atoms with Crippen LogP contribution in [0.25, 0.3) is 0 Å². The van der Waals surface area contributed by atoms with Gasteiger partial charge in [-0.3, -0.25) is 0 Å². The van der Waals surface area contributed by atoms with Crippen molar-refractivity contribution in [1.29, 1.82) is 0 Å². The fraction of sp³-hybridized carbons (Fsp3) is 0.333. The number of methoxy groups -OCH3 is 1. The monoisotopic (exact) mass is 397 g/mol. The second-order valence-corrected chi connectivity index (χ2v) is 7.94. The number of hydrogen-bond donors (Lipinski definition) is 1. The summed E-state index contributed by atoms with van der Waals surface area (Å²) < 4.78 is 7.86. The van der Waals surface area contributed by atoms with Gasteiger partial charge in [-0.2, -0.15) is 0 Å². The first-order chi connectivity index (χ1) is 13.5. The molecule has 0 radical (unpaired) electrons. The Bertz CT molecular complexity index is 875. The number of para-hydroxylation sites is 1. The van der Waals surface area contributed by atoms with Gasteiger partial charge >= 0.3 is 0 Å². The average molecular weight is 398 g/mol. The minimum Gasteiger partial charge on any atom is -0.496 e. The summed E-state index contributed by atoms with van der Waals surface area (Å²) in [5, 5.41) is 11.3. The highest BCUT2D eigenvalue weighted by atomic mass is 32.2. The topological polar surface area (TPSA) is 34.4 Å². The van der Waals surface area contributed by atoms with E-state index in [1.54, 1.807) is 18.9 Å². The first-order valence-electron chi connectivity index (χ1n) is 9.56. The number of allylic oxidation sites excluding steroid dienone is 5. The normalized spacial score (nSPS) is 12.2. The lowest BCUT2D eigenvalue weighted by atomic mass is 10.0. The van der Waals surface area contributed by atoms with Crippen molar-refractivity contribution in [3.63, 3.8) is 0 Å². The van der Waals surface area contributed by atoms with E-state index >= 15 is 0 Å². The Hall–Kier alpha value is -2.17. The summed E-state index contributed by atoms with van der Waals surface area (Å²) in [6.45, 7) is 13.1. The zero-order valence-corrected chi connectivity index (χ0v) is 18.3. The van der Waals surface area contributed by atoms with Gasteiger partial charge in [0.1, 0.15) is 5.75 Å². The SMILES string of the molecule is C=C/C=C(\C=C/C)Cn1c(C)c(CO)c(C(C)C)c1Sc1ccccc1OC. The second kappa shape index (κ2) is 10.4. The molecule has 2 aromatic rings. The summed E-state index contributed by atoms with van der Waals surface area (Å²) >= 11 is 1.70. The van der Waals surface area contributed by atoms with Gasteiger partial charge < -0.3 is 14.4 Å². The van der Waals surface area contributed by atoms with Crippen LogP contribution >= 0.6 is 11.8 Å². The minimum absolute atomic E-state index is 0.0377. The van der Waals surface area contributed by atoms with E-state index < -0.39 is 0 Å². The van der Waals surface area contributed by atoms with E-state index in [1.807, 2.05) is 43.4 Å². The van der Waals surface area contributed by atoms with Gasteiger partial charge in [-0.1, -0.05) is 68.6 Å². The zero-order chi connectivity index (χ0) is 20.7. The molecular weight excluding hydrogens is 366 g/mol. The first-order valence-corrected chi connectivity index (χ1v) is 10.4. The minimum atomic E-state index is 0.0377. The summed E-state index contributed by atoms with van der Waals surface area (Å²) in [7, 11) is 1.70. The third kappa shape index (κ3) is 4.81. The van der Waals surface area contributed by atoms with Gasteiger partial charge in [-0.25, -0.2) is 0 Å². The van der Waals surface area contributed by atoms with Crippen molar-refractivity contribution >= 4 is 11.8 Å². The molecule has 1 heterocycles. The average Bonchev–Trinajstić information content (AvgIpc) is 2.94. The number of benzene rings is 1. The van der Waals surface area contributed by atoms with Crippen LogP contribution in [-0.2, 0) is 13.2 Å². The Morgan fingerprint density at radius 1 is 1.32 bits per heavy atom. The fourth-order valence-electron chi connectivity index (χ4n) is 3.40. The summed E-state index contributed by atoms with van der Waals surface area (Å²) in [6, 6.07) is 8.06. The van der Waals surface area contributed by atoms with Crippen LogP contribution in [0.4, 0.5) is 0 Å². The third-order valence-electron chi connectivity index (χ3n) is 4.71. The molecule has 0 amide bonds. The zero-order valence-electron chi connectivity index (χ0n) is 17.5. The molecule has 2 rings (SSSR count). The Kier molecular flexibility index (Phi) is 8.21. The largest absolute Gasteiger partial charge is 0.496 e. The molecule has 1 aromatic carbocycles. The van der Waals surface area contributed by atoms with Gasteiger partial charge in [0.25, 0.3) is 0 Å². The number of ether oxygens (including phenoxy) is 1. The van der Waals surface area contributed by atoms with E-state index in [0.717, 1.165) is 39.0 Å². The molecule has 0 aliphatic heterocycles. The molecule has 4 heteroatoms. The van der Waals surface area contributed by atoms with E-state index in [9.17, 15) is 5.11 Å². The molecule has 0 saturated carbocycles. The molecule has 0 fully saturated rings. The van der Waals surface area contributed by atoms with Gasteiger partial charge in [0.05, 0.1) is 23.6 Å². The maximum Gasteiger partial charge on any atom is 0.132 e. The highest BCUT2D eigenvalue weighted by Crippen LogP contribution is 2.42. The van der Waals surface area contributed by atoms with E-state index in [1.165, 1.54) is 5.56 Å². The molecule has 150 valence electrons. The maximum absolute atomic E-state index is 10.1. The van der Waals surface area contributed by atoms with Crippen LogP contribution in [-0.4, -0.2) is 16.8 Å². The van der Waals surface area contributed by atoms with E-state index in [2.05, 4.69) is 44.1 Å². The Balaban J connectivity index is 2.66. The van der Waals surface area contributed by atoms with Crippen molar-refractivity contribution in [2.24, 2.45) is 0 Å². The highest BCUT2D eigenvalue weighted by molar-refractivity contribution is 7.99. The molecule has 3 nitrogen and oxygen atoms in total. The van der Waals surface area contributed by atoms with Crippen molar-refractivity contribution in [2.45, 2.75) is 56.7 Å². The summed E-state index contributed by atoms with van der Waals surface area (Å²) in [5.74, 6) is 1.15. The van der Waals surface area contributed by atoms with Crippen LogP contribution in [0.15, 0.2) is 70.6 Å². The molecule has 1 N–H and O–H groups in total. The molecule has 0 spiro atoms. The van der Waals surface area contributed by atoms with Gasteiger partial charge in [0.2, 0.25) is 0 Å². The molecule has 1 aromatic heterocycles. The molecule has 0 bridgehead atoms. The van der Waals surface area contributed by atoms with E-state index in [-0.39, 0.29) is 6.61 Å². The van der Waals surface area contributed by atoms with Gasteiger partial charge in [-0.15, -0.1) is 0 Å². The molecule has 0 aliphatic carbocycles. The van der Waals surface area contributed by atoms with Crippen LogP contribution < -0.4 is 4.74 Å². The summed E-state index contributed by atoms with van der Waals surface area (Å²) in [4.78, 5) is 1.07. The Morgan fingerprint density at radius 3 is 2.61 bits per heavy atom. The lowest BCUT2D eigenvalue weighted by Gasteiger charge is -2.16. The second-order valence-electron chi connectivity index (χ2n) is 6.91. The molecule has 0 saturated heterocycles. The fourth-order valence-corrected chi connectivity index (χ4v) is 4.78. The van der Waals surface area contributed by atoms with Crippen LogP contribution in [0.3, 0.4) is 0 Å². The van der Waals surface area contributed by atoms with Crippen LogP contribution in [0, 0.1) is 6.92 Å². The number of aliphatic hydroxyl groups is 1. The van der Waals surface area contributed by atoms with E-state index in [0.29, 0.717) is 5.92 Å². The third-order valence-corrected chi connectivity index (χ3v) is 5.90. The van der Waals surface area contributed by atoms with Crippen molar-refractivity contribution in [3.05, 3.63) is 77.5 Å². The number of rotatable bonds is 9. The Morgan fingerprint density at radius 2 is 2.04 bits per heavy atom. The number of nitrogens with zero attached hydrogens (tertiary/aromatic N) is 1. The molecule has 0 unspecified atom stereocenters. The first kappa shape index (κ1) is 22.1. The standard InChI is InChI=1S/C24H31NO2S/c1-7-11-19(12-8-2)15-25-18(5)20(16-26)23(17(3)4)24(25)28-22-14-10-9-13-21(22)27-6/h7-14,17,26H,1,15-16H2,2-6H3/b12-8-,19-11+. The van der Waals surface area contributed by atoms with Gasteiger partial charge in [0.15, 0.2) is 0 Å². The smallest absolute Gasteiger partial charge is 0.132 e. The maximum atomic E-state index is 10.1. The van der Waals surface area contributed by atoms with Crippen LogP contribution in [0.2, 0.25) is 0 Å². The predicted molar refractivity (Wildman–Crippen MR) is 119 cm³/mol. The summed E-state index contributed by atoms with van der Waals surface area (Å²) in [6.07, 6.45) is 7.99. The molecule has 0 aliphatic rings. The van der Waals surface area contributed by atoms with E-state index in [4.69, 9.17) is 4.74 Å². The lowest BCUT2D eigenvalue weighted by molar-refractivity contribution is 0.279. The number of aromatic nitrogens is 1. The molecule has 28 heavy (non-hydrogen) atoms. The van der Waals surface area contributed by atoms with Crippen LogP contribution in [0.5, 0.6) is 5.75 Å². The number of aliphatic hydroxyl groups excluding tert-OH is 1. The van der Waals surface area contributed by atoms with Crippen molar-refractivity contribution in [3.8, 4) is 5.75 Å². The van der Waals surface area contributed by atoms with Crippen LogP contribution in [0.1, 0.15) is 43.5 Å². The predicted octanol–water partition coefficient (Wildman–Crippen LogP) is 6.26. The quantitative estimate of drug-likeness (QED) is 0.507. The van der Waals surface area contributed by atoms with Gasteiger partial charge in [-0.05, 0) is 43.0 Å².